The third-order valence-corrected chi connectivity index (χ3v) is 4.19. The summed E-state index contributed by atoms with van der Waals surface area (Å²) in [6.45, 7) is 0. The van der Waals surface area contributed by atoms with Crippen LogP contribution in [0.5, 0.6) is 0 Å². The molecule has 0 bridgehead atoms. The van der Waals surface area contributed by atoms with Crippen molar-refractivity contribution in [3.8, 4) is 0 Å². The van der Waals surface area contributed by atoms with Crippen LogP contribution in [-0.2, 0) is 0 Å². The van der Waals surface area contributed by atoms with Crippen LogP contribution in [0.15, 0.2) is 12.3 Å². The monoisotopic (exact) mass is 301 g/mol. The minimum Gasteiger partial charge on any atom is -0.349 e. The van der Waals surface area contributed by atoms with Gasteiger partial charge in [-0.3, -0.25) is 14.9 Å². The molecule has 0 aromatic carbocycles. The maximum atomic E-state index is 12.0. The van der Waals surface area contributed by atoms with E-state index in [1.165, 1.54) is 0 Å². The van der Waals surface area contributed by atoms with E-state index in [1.54, 1.807) is 0 Å². The number of amides is 1. The van der Waals surface area contributed by atoms with Gasteiger partial charge in [0.1, 0.15) is 11.3 Å². The van der Waals surface area contributed by atoms with E-state index in [9.17, 15) is 14.9 Å². The second kappa shape index (κ2) is 6.21. The molecule has 0 unspecified atom stereocenters. The van der Waals surface area contributed by atoms with Crippen molar-refractivity contribution in [3.63, 3.8) is 0 Å². The lowest BCUT2D eigenvalue weighted by Gasteiger charge is -2.22. The molecule has 1 N–H and O–H groups in total. The molecule has 0 aliphatic carbocycles. The van der Waals surface area contributed by atoms with Gasteiger partial charge in [0.15, 0.2) is 0 Å². The zero-order chi connectivity index (χ0) is 13.8. The molecule has 1 saturated heterocycles. The van der Waals surface area contributed by atoms with Crippen LogP contribution in [0.1, 0.15) is 23.2 Å². The molecule has 0 saturated carbocycles. The largest absolute Gasteiger partial charge is 0.349 e. The van der Waals surface area contributed by atoms with Crippen molar-refractivity contribution >= 4 is 35.0 Å². The third-order valence-electron chi connectivity index (χ3n) is 2.84. The SMILES string of the molecule is O=C(NC1CCSCC1)c1cc([N+](=O)[O-])cnc1Cl. The van der Waals surface area contributed by atoms with E-state index in [1.807, 2.05) is 11.8 Å². The average molecular weight is 302 g/mol. The lowest BCUT2D eigenvalue weighted by molar-refractivity contribution is -0.385. The first kappa shape index (κ1) is 14.1. The van der Waals surface area contributed by atoms with E-state index >= 15 is 0 Å². The molecule has 1 fully saturated rings. The van der Waals surface area contributed by atoms with Gasteiger partial charge in [-0.25, -0.2) is 4.98 Å². The Balaban J connectivity index is 2.13. The van der Waals surface area contributed by atoms with Crippen LogP contribution in [0.25, 0.3) is 0 Å². The number of aromatic nitrogens is 1. The number of hydrogen-bond acceptors (Lipinski definition) is 5. The number of nitrogens with zero attached hydrogens (tertiary/aromatic N) is 2. The Morgan fingerprint density at radius 1 is 1.53 bits per heavy atom. The Morgan fingerprint density at radius 2 is 2.21 bits per heavy atom. The molecule has 0 radical (unpaired) electrons. The summed E-state index contributed by atoms with van der Waals surface area (Å²) in [5.41, 5.74) is -0.192. The molecule has 6 nitrogen and oxygen atoms in total. The van der Waals surface area contributed by atoms with Crippen LogP contribution in [0, 0.1) is 10.1 Å². The number of rotatable bonds is 3. The van der Waals surface area contributed by atoms with Crippen LogP contribution in [0.3, 0.4) is 0 Å². The molecule has 1 aliphatic heterocycles. The number of carbonyl (C=O) groups is 1. The zero-order valence-electron chi connectivity index (χ0n) is 9.97. The number of pyridine rings is 1. The summed E-state index contributed by atoms with van der Waals surface area (Å²) in [5.74, 6) is 1.61. The molecular formula is C11H12ClN3O3S. The standard InChI is InChI=1S/C11H12ClN3O3S/c12-10-9(5-8(6-13-10)15(17)18)11(16)14-7-1-3-19-4-2-7/h5-7H,1-4H2,(H,14,16). The number of nitrogens with one attached hydrogen (secondary N) is 1. The number of carbonyl (C=O) groups excluding carboxylic acids is 1. The van der Waals surface area contributed by atoms with E-state index < -0.39 is 10.8 Å². The van der Waals surface area contributed by atoms with E-state index in [4.69, 9.17) is 11.6 Å². The van der Waals surface area contributed by atoms with Gasteiger partial charge in [0, 0.05) is 12.1 Å². The molecule has 19 heavy (non-hydrogen) atoms. The maximum Gasteiger partial charge on any atom is 0.288 e. The molecule has 102 valence electrons. The number of nitro groups is 1. The van der Waals surface area contributed by atoms with Gasteiger partial charge in [-0.15, -0.1) is 0 Å². The van der Waals surface area contributed by atoms with Gasteiger partial charge >= 0.3 is 0 Å². The van der Waals surface area contributed by atoms with E-state index in [-0.39, 0.29) is 22.4 Å². The maximum absolute atomic E-state index is 12.0. The second-order valence-corrected chi connectivity index (χ2v) is 5.73. The average Bonchev–Trinajstić information content (AvgIpc) is 2.40. The smallest absolute Gasteiger partial charge is 0.288 e. The Bertz CT molecular complexity index is 506. The molecule has 0 atom stereocenters. The summed E-state index contributed by atoms with van der Waals surface area (Å²) >= 11 is 7.67. The fourth-order valence-corrected chi connectivity index (χ4v) is 3.10. The highest BCUT2D eigenvalue weighted by Gasteiger charge is 2.21. The first-order valence-electron chi connectivity index (χ1n) is 5.76. The molecule has 0 spiro atoms. The van der Waals surface area contributed by atoms with Gasteiger partial charge in [0.25, 0.3) is 11.6 Å². The fourth-order valence-electron chi connectivity index (χ4n) is 1.80. The van der Waals surface area contributed by atoms with Gasteiger partial charge in [0.2, 0.25) is 0 Å². The topological polar surface area (TPSA) is 85.1 Å². The number of thioether (sulfide) groups is 1. The number of halogens is 1. The Hall–Kier alpha value is -1.34. The predicted molar refractivity (Wildman–Crippen MR) is 73.7 cm³/mol. The first-order chi connectivity index (χ1) is 9.08. The third kappa shape index (κ3) is 3.57. The van der Waals surface area contributed by atoms with Crippen molar-refractivity contribution in [1.29, 1.82) is 0 Å². The Kier molecular flexibility index (Phi) is 4.60. The van der Waals surface area contributed by atoms with Gasteiger partial charge < -0.3 is 5.32 Å². The minimum atomic E-state index is -0.600. The summed E-state index contributed by atoms with van der Waals surface area (Å²) in [7, 11) is 0. The van der Waals surface area contributed by atoms with E-state index in [0.29, 0.717) is 0 Å². The first-order valence-corrected chi connectivity index (χ1v) is 7.29. The Morgan fingerprint density at radius 3 is 2.84 bits per heavy atom. The van der Waals surface area contributed by atoms with Gasteiger partial charge in [-0.1, -0.05) is 11.6 Å². The summed E-state index contributed by atoms with van der Waals surface area (Å²) in [4.78, 5) is 25.8. The van der Waals surface area contributed by atoms with Gasteiger partial charge in [-0.05, 0) is 24.3 Å². The van der Waals surface area contributed by atoms with E-state index in [2.05, 4.69) is 10.3 Å². The zero-order valence-corrected chi connectivity index (χ0v) is 11.5. The predicted octanol–water partition coefficient (Wildman–Crippen LogP) is 2.27. The summed E-state index contributed by atoms with van der Waals surface area (Å²) in [5, 5.41) is 13.5. The highest BCUT2D eigenvalue weighted by Crippen LogP contribution is 2.21. The van der Waals surface area contributed by atoms with Crippen molar-refractivity contribution in [2.24, 2.45) is 0 Å². The molecule has 1 aromatic heterocycles. The molecule has 1 amide bonds. The van der Waals surface area contributed by atoms with E-state index in [0.717, 1.165) is 36.6 Å². The van der Waals surface area contributed by atoms with Gasteiger partial charge in [0.05, 0.1) is 10.5 Å². The fraction of sp³-hybridized carbons (Fsp3) is 0.455. The molecule has 8 heteroatoms. The highest BCUT2D eigenvalue weighted by molar-refractivity contribution is 7.99. The molecule has 1 aliphatic rings. The quantitative estimate of drug-likeness (QED) is 0.526. The second-order valence-electron chi connectivity index (χ2n) is 4.15. The minimum absolute atomic E-state index is 0.0201. The van der Waals surface area contributed by atoms with Crippen molar-refractivity contribution < 1.29 is 9.72 Å². The Labute approximate surface area is 119 Å². The highest BCUT2D eigenvalue weighted by atomic mass is 35.5. The molecule has 2 heterocycles. The van der Waals surface area contributed by atoms with Crippen molar-refractivity contribution in [1.82, 2.24) is 10.3 Å². The van der Waals surface area contributed by atoms with Crippen LogP contribution in [0.2, 0.25) is 5.15 Å². The van der Waals surface area contributed by atoms with Crippen LogP contribution >= 0.6 is 23.4 Å². The lowest BCUT2D eigenvalue weighted by Crippen LogP contribution is -2.37. The summed E-state index contributed by atoms with van der Waals surface area (Å²) < 4.78 is 0. The molecular weight excluding hydrogens is 290 g/mol. The van der Waals surface area contributed by atoms with Crippen molar-refractivity contribution in [2.75, 3.05) is 11.5 Å². The molecule has 2 rings (SSSR count). The van der Waals surface area contributed by atoms with Crippen molar-refractivity contribution in [3.05, 3.63) is 33.1 Å². The summed E-state index contributed by atoms with van der Waals surface area (Å²) in [6, 6.07) is 1.26. The van der Waals surface area contributed by atoms with Crippen LogP contribution in [-0.4, -0.2) is 33.4 Å². The number of hydrogen-bond donors (Lipinski definition) is 1. The lowest BCUT2D eigenvalue weighted by atomic mass is 10.1. The van der Waals surface area contributed by atoms with Gasteiger partial charge in [-0.2, -0.15) is 11.8 Å². The van der Waals surface area contributed by atoms with Crippen LogP contribution in [0.4, 0.5) is 5.69 Å². The van der Waals surface area contributed by atoms with Crippen LogP contribution < -0.4 is 5.32 Å². The normalized spacial score (nSPS) is 16.1. The molecule has 1 aromatic rings. The summed E-state index contributed by atoms with van der Waals surface area (Å²) in [6.07, 6.45) is 2.84. The van der Waals surface area contributed by atoms with Crippen molar-refractivity contribution in [2.45, 2.75) is 18.9 Å².